The minimum absolute atomic E-state index is 0.147. The van der Waals surface area contributed by atoms with E-state index in [2.05, 4.69) is 5.32 Å². The van der Waals surface area contributed by atoms with Gasteiger partial charge in [0.05, 0.1) is 41.0 Å². The molecule has 8 bridgehead atoms. The van der Waals surface area contributed by atoms with Crippen LogP contribution in [0.5, 0.6) is 5.75 Å². The highest BCUT2D eigenvalue weighted by Gasteiger charge is 2.45. The molecule has 6 aromatic rings. The van der Waals surface area contributed by atoms with E-state index in [-0.39, 0.29) is 43.8 Å². The van der Waals surface area contributed by atoms with Crippen molar-refractivity contribution in [1.29, 1.82) is 0 Å². The molecule has 0 aliphatic carbocycles. The van der Waals surface area contributed by atoms with Gasteiger partial charge in [-0.2, -0.15) is 5.10 Å². The van der Waals surface area contributed by atoms with E-state index in [0.29, 0.717) is 89.4 Å². The molecule has 17 heteroatoms. The fourth-order valence-corrected chi connectivity index (χ4v) is 9.40. The maximum absolute atomic E-state index is 16.3. The van der Waals surface area contributed by atoms with E-state index in [4.69, 9.17) is 34.5 Å². The summed E-state index contributed by atoms with van der Waals surface area (Å²) in [6.07, 6.45) is 1.85. The van der Waals surface area contributed by atoms with Crippen LogP contribution in [0.15, 0.2) is 54.7 Å². The first-order valence-corrected chi connectivity index (χ1v) is 20.0. The lowest BCUT2D eigenvalue weighted by molar-refractivity contribution is -0.132. The first-order valence-electron chi connectivity index (χ1n) is 20.0. The second-order valence-electron chi connectivity index (χ2n) is 16.5. The number of methoxy groups -OCH3 is 1. The van der Waals surface area contributed by atoms with Crippen molar-refractivity contribution in [2.45, 2.75) is 57.1 Å². The van der Waals surface area contributed by atoms with Crippen LogP contribution in [0.3, 0.4) is 0 Å². The number of likely N-dealkylation sites (N-methyl/N-ethyl adjacent to an activating group) is 1. The van der Waals surface area contributed by atoms with Gasteiger partial charge in [0.2, 0.25) is 5.91 Å². The van der Waals surface area contributed by atoms with Crippen LogP contribution in [0.1, 0.15) is 25.0 Å². The molecule has 1 amide bonds. The molecule has 4 aliphatic rings. The van der Waals surface area contributed by atoms with Gasteiger partial charge in [-0.25, -0.2) is 37.8 Å². The Bertz CT molecular complexity index is 2630. The predicted molar refractivity (Wildman–Crippen MR) is 215 cm³/mol. The van der Waals surface area contributed by atoms with Gasteiger partial charge in [-0.3, -0.25) is 9.69 Å². The number of carbonyl (C=O) groups excluding carboxylic acids is 1. The van der Waals surface area contributed by atoms with Gasteiger partial charge in [-0.1, -0.05) is 6.07 Å². The Morgan fingerprint density at radius 2 is 1.86 bits per heavy atom. The molecular formula is C42H44F3N11O3. The zero-order valence-corrected chi connectivity index (χ0v) is 33.2. The van der Waals surface area contributed by atoms with Crippen molar-refractivity contribution in [2.24, 2.45) is 5.92 Å². The number of halogens is 3. The van der Waals surface area contributed by atoms with Crippen molar-refractivity contribution in [2.75, 3.05) is 63.7 Å². The van der Waals surface area contributed by atoms with Crippen LogP contribution in [0, 0.1) is 24.5 Å². The van der Waals surface area contributed by atoms with Gasteiger partial charge < -0.3 is 29.2 Å². The standard InChI is InChI=1S/C42H44F3N11O3/c1-23-47-32-14-26(44)13-29-31-6-5-7-36(49-31)48-27-16-34(41(57)52(3)20-28(58-4)21-54(23)38(29)32)55(19-27)39-30-17-46-56-33-9-8-25(43)15-35(33)59-11-10-53-18-24(42(2,45)22-53)12-37(50-39)51-40(30)56/h5-9,13-15,17,24,27-28,34H,10-12,16,18-22H2,1-4H3,(H,48,49)/t24-,27+,28+,34+,42?/m1/s1. The molecule has 4 aromatic heterocycles. The number of anilines is 2. The number of carbonyl (C=O) groups is 1. The Morgan fingerprint density at radius 3 is 2.71 bits per heavy atom. The van der Waals surface area contributed by atoms with Crippen LogP contribution in [0.25, 0.3) is 39.0 Å². The van der Waals surface area contributed by atoms with Gasteiger partial charge in [0.1, 0.15) is 64.7 Å². The Balaban J connectivity index is 1.11. The first-order chi connectivity index (χ1) is 28.4. The van der Waals surface area contributed by atoms with E-state index in [1.54, 1.807) is 42.9 Å². The third kappa shape index (κ3) is 6.59. The third-order valence-electron chi connectivity index (χ3n) is 12.4. The molecule has 0 radical (unpaired) electrons. The lowest BCUT2D eigenvalue weighted by Crippen LogP contribution is -2.47. The first kappa shape index (κ1) is 37.5. The molecule has 4 aliphatic heterocycles. The summed E-state index contributed by atoms with van der Waals surface area (Å²) in [5.41, 5.74) is 1.80. The fourth-order valence-electron chi connectivity index (χ4n) is 9.40. The van der Waals surface area contributed by atoms with E-state index >= 15 is 8.78 Å². The number of alkyl halides is 1. The number of benzene rings is 2. The number of hydrogen-bond donors (Lipinski definition) is 1. The molecule has 306 valence electrons. The van der Waals surface area contributed by atoms with Crippen molar-refractivity contribution < 1.29 is 27.4 Å². The second kappa shape index (κ2) is 14.2. The zero-order chi connectivity index (χ0) is 40.7. The topological polar surface area (TPSA) is 132 Å². The Morgan fingerprint density at radius 1 is 1.00 bits per heavy atom. The lowest BCUT2D eigenvalue weighted by atomic mass is 9.91. The van der Waals surface area contributed by atoms with Crippen LogP contribution in [0.4, 0.5) is 24.8 Å². The molecule has 1 N–H and O–H groups in total. The molecule has 2 fully saturated rings. The highest BCUT2D eigenvalue weighted by molar-refractivity contribution is 5.94. The van der Waals surface area contributed by atoms with Crippen LogP contribution in [0.2, 0.25) is 0 Å². The van der Waals surface area contributed by atoms with Crippen LogP contribution < -0.4 is 15.0 Å². The average molecular weight is 808 g/mol. The monoisotopic (exact) mass is 807 g/mol. The molecule has 2 saturated heterocycles. The zero-order valence-electron chi connectivity index (χ0n) is 33.2. The van der Waals surface area contributed by atoms with Crippen molar-refractivity contribution in [3.63, 3.8) is 0 Å². The maximum atomic E-state index is 16.3. The van der Waals surface area contributed by atoms with E-state index < -0.39 is 35.4 Å². The largest absolute Gasteiger partial charge is 0.490 e. The highest BCUT2D eigenvalue weighted by atomic mass is 19.1. The van der Waals surface area contributed by atoms with Crippen molar-refractivity contribution in [3.05, 3.63) is 78.0 Å². The minimum Gasteiger partial charge on any atom is -0.490 e. The summed E-state index contributed by atoms with van der Waals surface area (Å²) in [5, 5.41) is 8.88. The normalized spacial score (nSPS) is 25.8. The van der Waals surface area contributed by atoms with E-state index in [1.807, 2.05) is 39.5 Å². The summed E-state index contributed by atoms with van der Waals surface area (Å²) in [5.74, 6) is 0.956. The summed E-state index contributed by atoms with van der Waals surface area (Å²) in [7, 11) is 3.38. The number of rotatable bonds is 2. The summed E-state index contributed by atoms with van der Waals surface area (Å²) < 4.78 is 61.8. The van der Waals surface area contributed by atoms with Gasteiger partial charge in [0, 0.05) is 83.0 Å². The SMILES string of the molecule is CO[C@H]1CN(C)C(=O)[C@@H]2C[C@@H](CN2c2nc3nc4c2cnn4-c2ccc(F)cc2OCCN2C[C@@H](C3)C(C)(F)C2)Nc2cccc(n2)-c2cc(F)cc3nc(C)n(c23)C1. The lowest BCUT2D eigenvalue weighted by Gasteiger charge is -2.31. The summed E-state index contributed by atoms with van der Waals surface area (Å²) >= 11 is 0. The van der Waals surface area contributed by atoms with Crippen molar-refractivity contribution >= 4 is 39.6 Å². The number of aromatic nitrogens is 7. The summed E-state index contributed by atoms with van der Waals surface area (Å²) in [6, 6.07) is 11.8. The number of imidazole rings is 1. The molecule has 10 rings (SSSR count). The Hall–Kier alpha value is -5.81. The average Bonchev–Trinajstić information content (AvgIpc) is 3.96. The van der Waals surface area contributed by atoms with Crippen molar-refractivity contribution in [3.8, 4) is 22.7 Å². The van der Waals surface area contributed by atoms with Crippen LogP contribution in [-0.2, 0) is 22.5 Å². The Labute approximate surface area is 337 Å². The number of nitrogens with zero attached hydrogens (tertiary/aromatic N) is 10. The molecule has 0 spiro atoms. The molecular weight excluding hydrogens is 764 g/mol. The molecule has 8 heterocycles. The van der Waals surface area contributed by atoms with Gasteiger partial charge in [0.25, 0.3) is 0 Å². The van der Waals surface area contributed by atoms with E-state index in [0.717, 1.165) is 5.52 Å². The Kier molecular flexibility index (Phi) is 9.01. The number of nitrogens with one attached hydrogen (secondary N) is 1. The van der Waals surface area contributed by atoms with Gasteiger partial charge in [0.15, 0.2) is 5.65 Å². The smallest absolute Gasteiger partial charge is 0.245 e. The number of ether oxygens (including phenoxy) is 2. The molecule has 59 heavy (non-hydrogen) atoms. The third-order valence-corrected chi connectivity index (χ3v) is 12.4. The fraction of sp³-hybridized carbons (Fsp3) is 0.429. The molecule has 6 atom stereocenters. The van der Waals surface area contributed by atoms with Gasteiger partial charge in [-0.05, 0) is 50.6 Å². The number of pyridine rings is 1. The predicted octanol–water partition coefficient (Wildman–Crippen LogP) is 4.96. The molecule has 0 saturated carbocycles. The van der Waals surface area contributed by atoms with E-state index in [9.17, 15) is 9.18 Å². The highest BCUT2D eigenvalue weighted by Crippen LogP contribution is 2.39. The van der Waals surface area contributed by atoms with Crippen molar-refractivity contribution in [1.82, 2.24) is 44.1 Å². The maximum Gasteiger partial charge on any atom is 0.245 e. The van der Waals surface area contributed by atoms with Gasteiger partial charge in [-0.15, -0.1) is 0 Å². The second-order valence-corrected chi connectivity index (χ2v) is 16.5. The van der Waals surface area contributed by atoms with Crippen LogP contribution >= 0.6 is 0 Å². The number of aryl methyl sites for hydroxylation is 1. The summed E-state index contributed by atoms with van der Waals surface area (Å²) in [6.45, 7) is 5.81. The molecule has 2 unspecified atom stereocenters. The molecule has 2 aromatic carbocycles. The molecule has 14 nitrogen and oxygen atoms in total. The van der Waals surface area contributed by atoms with Crippen LogP contribution in [-0.4, -0.2) is 127 Å². The summed E-state index contributed by atoms with van der Waals surface area (Å²) in [4.78, 5) is 40.3. The van der Waals surface area contributed by atoms with Gasteiger partial charge >= 0.3 is 0 Å². The quantitative estimate of drug-likeness (QED) is 0.255. The number of amides is 1. The van der Waals surface area contributed by atoms with E-state index in [1.165, 1.54) is 24.3 Å². The number of fused-ring (bicyclic) bond motifs is 10. The minimum atomic E-state index is -1.52. The number of hydrogen-bond acceptors (Lipinski definition) is 11.